The minimum absolute atomic E-state index is 0.00797. The molecule has 2 aliphatic rings. The maximum atomic E-state index is 12.6. The number of hydrogen-bond acceptors (Lipinski definition) is 6. The van der Waals surface area contributed by atoms with Gasteiger partial charge in [0.1, 0.15) is 0 Å². The van der Waals surface area contributed by atoms with Crippen molar-refractivity contribution in [2.75, 3.05) is 57.4 Å². The summed E-state index contributed by atoms with van der Waals surface area (Å²) in [4.78, 5) is 22.1. The zero-order valence-corrected chi connectivity index (χ0v) is 18.3. The largest absolute Gasteiger partial charge is 0.378 e. The minimum atomic E-state index is 0.00797. The fraction of sp³-hybridized carbons (Fsp3) is 0.636. The van der Waals surface area contributed by atoms with Crippen LogP contribution in [0.25, 0.3) is 10.2 Å². The number of hydrogen-bond donors (Lipinski definition) is 1. The SMILES string of the molecule is C[C@@H]1C[C@@H](C)CN(CCCNC(=O)c2ccc3nc(N4CCOCC4)sc3c2)C1. The average Bonchev–Trinajstić information content (AvgIpc) is 3.14. The van der Waals surface area contributed by atoms with E-state index in [-0.39, 0.29) is 5.91 Å². The summed E-state index contributed by atoms with van der Waals surface area (Å²) in [5, 5.41) is 4.11. The molecule has 0 aliphatic carbocycles. The van der Waals surface area contributed by atoms with Crippen LogP contribution in [0.15, 0.2) is 18.2 Å². The Labute approximate surface area is 177 Å². The Kier molecular flexibility index (Phi) is 6.67. The topological polar surface area (TPSA) is 57.7 Å². The molecule has 1 N–H and O–H groups in total. The summed E-state index contributed by atoms with van der Waals surface area (Å²) in [7, 11) is 0. The van der Waals surface area contributed by atoms with Crippen LogP contribution in [0.4, 0.5) is 5.13 Å². The summed E-state index contributed by atoms with van der Waals surface area (Å²) in [5.74, 6) is 1.57. The Hall–Kier alpha value is -1.70. The lowest BCUT2D eigenvalue weighted by atomic mass is 9.92. The number of nitrogens with zero attached hydrogens (tertiary/aromatic N) is 3. The molecule has 2 atom stereocenters. The van der Waals surface area contributed by atoms with Gasteiger partial charge in [-0.2, -0.15) is 0 Å². The highest BCUT2D eigenvalue weighted by atomic mass is 32.1. The summed E-state index contributed by atoms with van der Waals surface area (Å²) in [6.45, 7) is 12.1. The Morgan fingerprint density at radius 1 is 1.24 bits per heavy atom. The summed E-state index contributed by atoms with van der Waals surface area (Å²) >= 11 is 1.66. The number of anilines is 1. The van der Waals surface area contributed by atoms with Crippen molar-refractivity contribution in [2.24, 2.45) is 11.8 Å². The van der Waals surface area contributed by atoms with Gasteiger partial charge in [0.05, 0.1) is 23.4 Å². The van der Waals surface area contributed by atoms with Crippen molar-refractivity contribution in [2.45, 2.75) is 26.7 Å². The van der Waals surface area contributed by atoms with Crippen molar-refractivity contribution in [3.8, 4) is 0 Å². The van der Waals surface area contributed by atoms with E-state index in [4.69, 9.17) is 9.72 Å². The summed E-state index contributed by atoms with van der Waals surface area (Å²) in [6, 6.07) is 5.82. The number of nitrogens with one attached hydrogen (secondary N) is 1. The maximum absolute atomic E-state index is 12.6. The van der Waals surface area contributed by atoms with E-state index in [1.165, 1.54) is 19.5 Å². The van der Waals surface area contributed by atoms with E-state index in [0.717, 1.165) is 78.6 Å². The number of piperidine rings is 1. The van der Waals surface area contributed by atoms with E-state index >= 15 is 0 Å². The number of ether oxygens (including phenoxy) is 1. The fourth-order valence-electron chi connectivity index (χ4n) is 4.52. The molecule has 29 heavy (non-hydrogen) atoms. The number of carbonyl (C=O) groups is 1. The molecule has 2 aromatic rings. The Morgan fingerprint density at radius 2 is 2.00 bits per heavy atom. The van der Waals surface area contributed by atoms with Gasteiger partial charge < -0.3 is 19.9 Å². The number of rotatable bonds is 6. The van der Waals surface area contributed by atoms with Crippen molar-refractivity contribution in [3.05, 3.63) is 23.8 Å². The van der Waals surface area contributed by atoms with Gasteiger partial charge in [0.2, 0.25) is 0 Å². The molecule has 0 spiro atoms. The van der Waals surface area contributed by atoms with Gasteiger partial charge in [-0.3, -0.25) is 4.79 Å². The number of amides is 1. The third-order valence-corrected chi connectivity index (χ3v) is 6.88. The molecule has 1 aromatic heterocycles. The standard InChI is InChI=1S/C22H32N4O2S/c1-16-12-17(2)15-25(14-16)7-3-6-23-21(27)18-4-5-19-20(13-18)29-22(24-19)26-8-10-28-11-9-26/h4-5,13,16-17H,3,6-12,14-15H2,1-2H3,(H,23,27)/t16-,17-/m1/s1. The lowest BCUT2D eigenvalue weighted by molar-refractivity contribution is 0.0947. The molecular formula is C22H32N4O2S. The number of carbonyl (C=O) groups excluding carboxylic acids is 1. The van der Waals surface area contributed by atoms with Gasteiger partial charge in [0.25, 0.3) is 5.91 Å². The molecule has 2 saturated heterocycles. The van der Waals surface area contributed by atoms with E-state index in [2.05, 4.69) is 29.0 Å². The molecule has 0 bridgehead atoms. The van der Waals surface area contributed by atoms with Gasteiger partial charge in [-0.25, -0.2) is 4.98 Å². The summed E-state index contributed by atoms with van der Waals surface area (Å²) < 4.78 is 6.49. The second-order valence-corrected chi connectivity index (χ2v) is 9.60. The predicted octanol–water partition coefficient (Wildman–Crippen LogP) is 3.23. The van der Waals surface area contributed by atoms with E-state index in [1.807, 2.05) is 18.2 Å². The molecule has 1 amide bonds. The lowest BCUT2D eigenvalue weighted by Gasteiger charge is -2.34. The maximum Gasteiger partial charge on any atom is 0.251 e. The molecule has 2 fully saturated rings. The fourth-order valence-corrected chi connectivity index (χ4v) is 5.58. The first-order chi connectivity index (χ1) is 14.1. The number of aromatic nitrogens is 1. The zero-order chi connectivity index (χ0) is 20.2. The highest BCUT2D eigenvalue weighted by Gasteiger charge is 2.21. The Morgan fingerprint density at radius 3 is 2.76 bits per heavy atom. The Bertz CT molecular complexity index is 823. The van der Waals surface area contributed by atoms with E-state index in [0.29, 0.717) is 0 Å². The third-order valence-electron chi connectivity index (χ3n) is 5.80. The Balaban J connectivity index is 1.29. The smallest absolute Gasteiger partial charge is 0.251 e. The van der Waals surface area contributed by atoms with Crippen molar-refractivity contribution >= 4 is 32.6 Å². The molecular weight excluding hydrogens is 384 g/mol. The van der Waals surface area contributed by atoms with E-state index < -0.39 is 0 Å². The van der Waals surface area contributed by atoms with Crippen LogP contribution < -0.4 is 10.2 Å². The van der Waals surface area contributed by atoms with Gasteiger partial charge in [-0.05, 0) is 49.4 Å². The average molecular weight is 417 g/mol. The van der Waals surface area contributed by atoms with E-state index in [1.54, 1.807) is 11.3 Å². The third kappa shape index (κ3) is 5.27. The number of likely N-dealkylation sites (tertiary alicyclic amines) is 1. The number of thiazole rings is 1. The molecule has 2 aliphatic heterocycles. The van der Waals surface area contributed by atoms with Crippen LogP contribution in [0.3, 0.4) is 0 Å². The first kappa shape index (κ1) is 20.6. The van der Waals surface area contributed by atoms with Gasteiger partial charge in [0.15, 0.2) is 5.13 Å². The molecule has 0 unspecified atom stereocenters. The van der Waals surface area contributed by atoms with Crippen molar-refractivity contribution in [1.29, 1.82) is 0 Å². The minimum Gasteiger partial charge on any atom is -0.378 e. The van der Waals surface area contributed by atoms with Crippen LogP contribution in [-0.4, -0.2) is 68.3 Å². The van der Waals surface area contributed by atoms with E-state index in [9.17, 15) is 4.79 Å². The number of morpholine rings is 1. The number of benzene rings is 1. The molecule has 7 heteroatoms. The highest BCUT2D eigenvalue weighted by Crippen LogP contribution is 2.30. The van der Waals surface area contributed by atoms with Crippen LogP contribution in [0, 0.1) is 11.8 Å². The van der Waals surface area contributed by atoms with Crippen LogP contribution in [0.1, 0.15) is 37.0 Å². The van der Waals surface area contributed by atoms with Crippen molar-refractivity contribution < 1.29 is 9.53 Å². The summed E-state index contributed by atoms with van der Waals surface area (Å²) in [6.07, 6.45) is 2.33. The van der Waals surface area contributed by atoms with Gasteiger partial charge >= 0.3 is 0 Å². The number of fused-ring (bicyclic) bond motifs is 1. The second kappa shape index (κ2) is 9.41. The molecule has 0 saturated carbocycles. The molecule has 4 rings (SSSR count). The molecule has 0 radical (unpaired) electrons. The molecule has 6 nitrogen and oxygen atoms in total. The van der Waals surface area contributed by atoms with Crippen LogP contribution in [-0.2, 0) is 4.74 Å². The molecule has 3 heterocycles. The van der Waals surface area contributed by atoms with Gasteiger partial charge in [-0.15, -0.1) is 0 Å². The van der Waals surface area contributed by atoms with Crippen LogP contribution >= 0.6 is 11.3 Å². The predicted molar refractivity (Wildman–Crippen MR) is 119 cm³/mol. The van der Waals surface area contributed by atoms with Crippen LogP contribution in [0.2, 0.25) is 0 Å². The lowest BCUT2D eigenvalue weighted by Crippen LogP contribution is -2.40. The quantitative estimate of drug-likeness (QED) is 0.733. The van der Waals surface area contributed by atoms with Gasteiger partial charge in [0, 0.05) is 38.3 Å². The second-order valence-electron chi connectivity index (χ2n) is 8.59. The monoisotopic (exact) mass is 416 g/mol. The van der Waals surface area contributed by atoms with Crippen LogP contribution in [0.5, 0.6) is 0 Å². The van der Waals surface area contributed by atoms with Crippen molar-refractivity contribution in [3.63, 3.8) is 0 Å². The zero-order valence-electron chi connectivity index (χ0n) is 17.5. The summed E-state index contributed by atoms with van der Waals surface area (Å²) in [5.41, 5.74) is 1.68. The molecule has 158 valence electrons. The highest BCUT2D eigenvalue weighted by molar-refractivity contribution is 7.22. The van der Waals surface area contributed by atoms with Gasteiger partial charge in [-0.1, -0.05) is 25.2 Å². The molecule has 1 aromatic carbocycles. The first-order valence-electron chi connectivity index (χ1n) is 10.8. The normalized spacial score (nSPS) is 23.4. The van der Waals surface area contributed by atoms with Crippen molar-refractivity contribution in [1.82, 2.24) is 15.2 Å². The first-order valence-corrected chi connectivity index (χ1v) is 11.6.